The average molecular weight is 512 g/mol. The molecule has 0 radical (unpaired) electrons. The van der Waals surface area contributed by atoms with Crippen LogP contribution in [0.5, 0.6) is 0 Å². The highest BCUT2D eigenvalue weighted by Crippen LogP contribution is 2.36. The highest BCUT2D eigenvalue weighted by molar-refractivity contribution is 5.92. The average Bonchev–Trinajstić information content (AvgIpc) is 3.35. The van der Waals surface area contributed by atoms with Gasteiger partial charge in [0, 0.05) is 61.5 Å². The van der Waals surface area contributed by atoms with E-state index in [1.54, 1.807) is 19.2 Å². The van der Waals surface area contributed by atoms with Crippen molar-refractivity contribution in [3.05, 3.63) is 71.4 Å². The number of nitrogens with zero attached hydrogens (tertiary/aromatic N) is 5. The summed E-state index contributed by atoms with van der Waals surface area (Å²) in [5, 5.41) is 7.17. The fourth-order valence-corrected chi connectivity index (χ4v) is 5.48. The van der Waals surface area contributed by atoms with E-state index in [0.717, 1.165) is 71.6 Å². The van der Waals surface area contributed by atoms with Crippen LogP contribution >= 0.6 is 0 Å². The Morgan fingerprint density at radius 3 is 2.66 bits per heavy atom. The predicted molar refractivity (Wildman–Crippen MR) is 141 cm³/mol. The molecule has 38 heavy (non-hydrogen) atoms. The molecule has 4 aromatic rings. The Kier molecular flexibility index (Phi) is 6.37. The van der Waals surface area contributed by atoms with Gasteiger partial charge in [0.15, 0.2) is 0 Å². The van der Waals surface area contributed by atoms with E-state index in [-0.39, 0.29) is 11.6 Å². The van der Waals surface area contributed by atoms with Gasteiger partial charge in [0.1, 0.15) is 5.69 Å². The van der Waals surface area contributed by atoms with Crippen LogP contribution in [0.3, 0.4) is 0 Å². The standard InChI is InChI=1S/C29H29N5O4/c1-18(35)33-11-8-22-27(17-33)34(32-28(22)19-9-12-38-13-10-19)26-5-3-4-20-14-25(31-16-23(20)26)21-6-7-24(30-15-21)29(36)37-2/h3-7,14-16,19H,8-13,17H2,1-2H3. The monoisotopic (exact) mass is 511 g/mol. The van der Waals surface area contributed by atoms with Crippen LogP contribution in [0.2, 0.25) is 0 Å². The first-order chi connectivity index (χ1) is 18.5. The topological polar surface area (TPSA) is 99.4 Å². The van der Waals surface area contributed by atoms with E-state index < -0.39 is 5.97 Å². The van der Waals surface area contributed by atoms with Crippen LogP contribution in [-0.4, -0.2) is 63.4 Å². The summed E-state index contributed by atoms with van der Waals surface area (Å²) >= 11 is 0. The van der Waals surface area contributed by atoms with Gasteiger partial charge in [-0.25, -0.2) is 14.5 Å². The van der Waals surface area contributed by atoms with Crippen molar-refractivity contribution in [1.82, 2.24) is 24.6 Å². The van der Waals surface area contributed by atoms with Crippen LogP contribution < -0.4 is 0 Å². The van der Waals surface area contributed by atoms with E-state index in [9.17, 15) is 9.59 Å². The van der Waals surface area contributed by atoms with Gasteiger partial charge >= 0.3 is 5.97 Å². The zero-order chi connectivity index (χ0) is 26.2. The lowest BCUT2D eigenvalue weighted by Gasteiger charge is -2.28. The zero-order valence-electron chi connectivity index (χ0n) is 21.5. The molecular formula is C29H29N5O4. The Bertz CT molecular complexity index is 1520. The van der Waals surface area contributed by atoms with Crippen molar-refractivity contribution in [1.29, 1.82) is 0 Å². The lowest BCUT2D eigenvalue weighted by Crippen LogP contribution is -2.35. The number of methoxy groups -OCH3 is 1. The van der Waals surface area contributed by atoms with Crippen molar-refractivity contribution in [3.63, 3.8) is 0 Å². The van der Waals surface area contributed by atoms with Crippen LogP contribution in [0.25, 0.3) is 27.7 Å². The van der Waals surface area contributed by atoms with Crippen LogP contribution in [-0.2, 0) is 27.2 Å². The summed E-state index contributed by atoms with van der Waals surface area (Å²) < 4.78 is 12.4. The number of aromatic nitrogens is 4. The van der Waals surface area contributed by atoms with Crippen molar-refractivity contribution in [3.8, 4) is 16.9 Å². The molecule has 2 aliphatic heterocycles. The molecule has 9 heteroatoms. The Morgan fingerprint density at radius 1 is 1.08 bits per heavy atom. The van der Waals surface area contributed by atoms with Gasteiger partial charge in [0.2, 0.25) is 5.91 Å². The smallest absolute Gasteiger partial charge is 0.356 e. The summed E-state index contributed by atoms with van der Waals surface area (Å²) in [6.07, 6.45) is 6.22. The first-order valence-electron chi connectivity index (χ1n) is 12.9. The Balaban J connectivity index is 1.42. The number of carbonyl (C=O) groups is 2. The highest BCUT2D eigenvalue weighted by atomic mass is 16.5. The first kappa shape index (κ1) is 24.2. The van der Waals surface area contributed by atoms with E-state index >= 15 is 0 Å². The molecule has 2 aliphatic rings. The third-order valence-corrected chi connectivity index (χ3v) is 7.57. The second-order valence-corrected chi connectivity index (χ2v) is 9.79. The van der Waals surface area contributed by atoms with E-state index in [1.165, 1.54) is 12.7 Å². The molecule has 0 unspecified atom stereocenters. The molecule has 1 fully saturated rings. The van der Waals surface area contributed by atoms with Gasteiger partial charge in [-0.1, -0.05) is 12.1 Å². The van der Waals surface area contributed by atoms with Crippen LogP contribution in [0.15, 0.2) is 48.8 Å². The van der Waals surface area contributed by atoms with Gasteiger partial charge in [-0.05, 0) is 48.9 Å². The predicted octanol–water partition coefficient (Wildman–Crippen LogP) is 4.07. The summed E-state index contributed by atoms with van der Waals surface area (Å²) in [5.41, 5.74) is 6.25. The molecule has 5 heterocycles. The van der Waals surface area contributed by atoms with Gasteiger partial charge in [-0.3, -0.25) is 9.78 Å². The second-order valence-electron chi connectivity index (χ2n) is 9.79. The molecule has 0 N–H and O–H groups in total. The number of carbonyl (C=O) groups excluding carboxylic acids is 2. The maximum atomic E-state index is 12.3. The van der Waals surface area contributed by atoms with Gasteiger partial charge in [0.05, 0.1) is 36.4 Å². The number of rotatable bonds is 4. The Hall–Kier alpha value is -4.11. The van der Waals surface area contributed by atoms with Crippen molar-refractivity contribution in [2.24, 2.45) is 0 Å². The molecule has 0 saturated carbocycles. The molecule has 6 rings (SSSR count). The summed E-state index contributed by atoms with van der Waals surface area (Å²) in [6, 6.07) is 11.6. The third kappa shape index (κ3) is 4.32. The number of esters is 1. The molecule has 1 aromatic carbocycles. The summed E-state index contributed by atoms with van der Waals surface area (Å²) in [6.45, 7) is 4.39. The van der Waals surface area contributed by atoms with E-state index in [2.05, 4.69) is 17.1 Å². The van der Waals surface area contributed by atoms with E-state index in [0.29, 0.717) is 19.0 Å². The van der Waals surface area contributed by atoms with Crippen molar-refractivity contribution in [2.75, 3.05) is 26.9 Å². The van der Waals surface area contributed by atoms with Crippen LogP contribution in [0.1, 0.15) is 53.1 Å². The number of hydrogen-bond acceptors (Lipinski definition) is 7. The molecule has 0 atom stereocenters. The summed E-state index contributed by atoms with van der Waals surface area (Å²) in [5.74, 6) is -0.0338. The number of fused-ring (bicyclic) bond motifs is 2. The zero-order valence-corrected chi connectivity index (χ0v) is 21.5. The van der Waals surface area contributed by atoms with E-state index in [4.69, 9.17) is 19.6 Å². The second kappa shape index (κ2) is 9.98. The van der Waals surface area contributed by atoms with E-state index in [1.807, 2.05) is 34.0 Å². The quantitative estimate of drug-likeness (QED) is 0.381. The minimum absolute atomic E-state index is 0.0760. The molecule has 9 nitrogen and oxygen atoms in total. The maximum absolute atomic E-state index is 12.3. The largest absolute Gasteiger partial charge is 0.464 e. The fraction of sp³-hybridized carbons (Fsp3) is 0.345. The Labute approximate surface area is 220 Å². The summed E-state index contributed by atoms with van der Waals surface area (Å²) in [4.78, 5) is 34.8. The van der Waals surface area contributed by atoms with Gasteiger partial charge in [-0.15, -0.1) is 0 Å². The number of hydrogen-bond donors (Lipinski definition) is 0. The minimum Gasteiger partial charge on any atom is -0.464 e. The molecule has 1 saturated heterocycles. The normalized spacial score (nSPS) is 15.9. The molecule has 0 spiro atoms. The first-order valence-corrected chi connectivity index (χ1v) is 12.9. The Morgan fingerprint density at radius 2 is 1.92 bits per heavy atom. The SMILES string of the molecule is COC(=O)c1ccc(-c2cc3cccc(-n4nc(C5CCOCC5)c5c4CN(C(C)=O)CC5)c3cn2)cn1. The lowest BCUT2D eigenvalue weighted by molar-refractivity contribution is -0.129. The minimum atomic E-state index is -0.473. The van der Waals surface area contributed by atoms with Gasteiger partial charge in [0.25, 0.3) is 0 Å². The van der Waals surface area contributed by atoms with Gasteiger partial charge < -0.3 is 14.4 Å². The highest BCUT2D eigenvalue weighted by Gasteiger charge is 2.31. The molecule has 0 bridgehead atoms. The van der Waals surface area contributed by atoms with Crippen LogP contribution in [0, 0.1) is 0 Å². The molecule has 0 aliphatic carbocycles. The van der Waals surface area contributed by atoms with Crippen molar-refractivity contribution in [2.45, 2.75) is 38.6 Å². The fourth-order valence-electron chi connectivity index (χ4n) is 5.48. The maximum Gasteiger partial charge on any atom is 0.356 e. The van der Waals surface area contributed by atoms with Crippen LogP contribution in [0.4, 0.5) is 0 Å². The van der Waals surface area contributed by atoms with Crippen molar-refractivity contribution >= 4 is 22.6 Å². The number of amides is 1. The van der Waals surface area contributed by atoms with Gasteiger partial charge in [-0.2, -0.15) is 5.10 Å². The molecule has 194 valence electrons. The van der Waals surface area contributed by atoms with Crippen molar-refractivity contribution < 1.29 is 19.1 Å². The summed E-state index contributed by atoms with van der Waals surface area (Å²) in [7, 11) is 1.33. The third-order valence-electron chi connectivity index (χ3n) is 7.57. The lowest BCUT2D eigenvalue weighted by atomic mass is 9.90. The number of benzene rings is 1. The molecular weight excluding hydrogens is 482 g/mol. The number of pyridine rings is 2. The molecule has 3 aromatic heterocycles. The molecule has 1 amide bonds. The number of ether oxygens (including phenoxy) is 2.